The number of aryl methyl sites for hydroxylation is 1. The molecule has 0 aromatic heterocycles. The topological polar surface area (TPSA) is 70.9 Å². The lowest BCUT2D eigenvalue weighted by Crippen LogP contribution is -2.20. The number of carboxylic acid groups (broad SMARTS) is 1. The van der Waals surface area contributed by atoms with E-state index in [9.17, 15) is 4.79 Å². The third-order valence-corrected chi connectivity index (χ3v) is 2.06. The van der Waals surface area contributed by atoms with E-state index >= 15 is 0 Å². The first-order chi connectivity index (χ1) is 8.09. The summed E-state index contributed by atoms with van der Waals surface area (Å²) in [6, 6.07) is 7.72. The Kier molecular flexibility index (Phi) is 5.00. The molecule has 5 heteroatoms. The molecule has 0 radical (unpaired) electrons. The van der Waals surface area contributed by atoms with Gasteiger partial charge in [0.2, 0.25) is 0 Å². The monoisotopic (exact) mass is 236 g/mol. The van der Waals surface area contributed by atoms with Gasteiger partial charge < -0.3 is 15.3 Å². The number of ether oxygens (including phenoxy) is 1. The van der Waals surface area contributed by atoms with E-state index in [2.05, 4.69) is 10.5 Å². The van der Waals surface area contributed by atoms with Gasteiger partial charge in [-0.2, -0.15) is 5.10 Å². The van der Waals surface area contributed by atoms with Gasteiger partial charge >= 0.3 is 5.97 Å². The number of hydrogen-bond acceptors (Lipinski definition) is 4. The van der Waals surface area contributed by atoms with Crippen LogP contribution in [-0.2, 0) is 4.79 Å². The summed E-state index contributed by atoms with van der Waals surface area (Å²) in [5.41, 5.74) is 3.84. The summed E-state index contributed by atoms with van der Waals surface area (Å²) >= 11 is 0. The van der Waals surface area contributed by atoms with Crippen LogP contribution in [0, 0.1) is 6.92 Å². The van der Waals surface area contributed by atoms with Gasteiger partial charge in [-0.3, -0.25) is 0 Å². The van der Waals surface area contributed by atoms with Crippen LogP contribution >= 0.6 is 0 Å². The maximum atomic E-state index is 10.4. The van der Waals surface area contributed by atoms with E-state index in [0.29, 0.717) is 13.2 Å². The molecule has 1 aromatic carbocycles. The molecule has 0 unspecified atom stereocenters. The normalized spacial score (nSPS) is 11.1. The highest BCUT2D eigenvalue weighted by atomic mass is 16.5. The summed E-state index contributed by atoms with van der Waals surface area (Å²) in [5, 5.41) is 12.2. The first-order valence-corrected chi connectivity index (χ1v) is 5.29. The quantitative estimate of drug-likeness (QED) is 0.445. The third-order valence-electron chi connectivity index (χ3n) is 2.06. The van der Waals surface area contributed by atoms with Gasteiger partial charge in [-0.25, -0.2) is 4.79 Å². The second-order valence-corrected chi connectivity index (χ2v) is 3.57. The SMILES string of the molecule is CC(=NNCCOc1ccc(C)cc1)C(=O)O. The Labute approximate surface area is 100 Å². The van der Waals surface area contributed by atoms with E-state index in [1.807, 2.05) is 31.2 Å². The Bertz CT molecular complexity index is 399. The van der Waals surface area contributed by atoms with Crippen LogP contribution in [0.4, 0.5) is 0 Å². The van der Waals surface area contributed by atoms with Crippen LogP contribution in [0.2, 0.25) is 0 Å². The van der Waals surface area contributed by atoms with Crippen LogP contribution in [0.25, 0.3) is 0 Å². The molecule has 0 aliphatic heterocycles. The molecule has 0 saturated carbocycles. The minimum Gasteiger partial charge on any atom is -0.492 e. The summed E-state index contributed by atoms with van der Waals surface area (Å²) in [7, 11) is 0. The van der Waals surface area contributed by atoms with Gasteiger partial charge in [-0.05, 0) is 26.0 Å². The van der Waals surface area contributed by atoms with Crippen molar-refractivity contribution in [1.29, 1.82) is 0 Å². The molecule has 0 fully saturated rings. The minimum atomic E-state index is -1.03. The summed E-state index contributed by atoms with van der Waals surface area (Å²) in [5.74, 6) is -0.242. The van der Waals surface area contributed by atoms with E-state index < -0.39 is 5.97 Å². The van der Waals surface area contributed by atoms with Crippen LogP contribution in [0.15, 0.2) is 29.4 Å². The van der Waals surface area contributed by atoms with Crippen molar-refractivity contribution >= 4 is 11.7 Å². The Morgan fingerprint density at radius 1 is 1.41 bits per heavy atom. The lowest BCUT2D eigenvalue weighted by molar-refractivity contribution is -0.129. The maximum absolute atomic E-state index is 10.4. The first kappa shape index (κ1) is 13.0. The van der Waals surface area contributed by atoms with Gasteiger partial charge in [0.15, 0.2) is 0 Å². The van der Waals surface area contributed by atoms with Gasteiger partial charge in [0, 0.05) is 0 Å². The molecule has 0 heterocycles. The number of rotatable bonds is 6. The van der Waals surface area contributed by atoms with Crippen molar-refractivity contribution in [1.82, 2.24) is 5.43 Å². The van der Waals surface area contributed by atoms with Gasteiger partial charge in [0.25, 0.3) is 0 Å². The first-order valence-electron chi connectivity index (χ1n) is 5.29. The molecule has 2 N–H and O–H groups in total. The number of aliphatic carboxylic acids is 1. The van der Waals surface area contributed by atoms with E-state index in [4.69, 9.17) is 9.84 Å². The molecule has 1 rings (SSSR count). The number of hydrazone groups is 1. The number of benzene rings is 1. The van der Waals surface area contributed by atoms with E-state index in [-0.39, 0.29) is 5.71 Å². The largest absolute Gasteiger partial charge is 0.492 e. The highest BCUT2D eigenvalue weighted by Crippen LogP contribution is 2.10. The molecule has 92 valence electrons. The Morgan fingerprint density at radius 2 is 2.06 bits per heavy atom. The molecule has 0 spiro atoms. The number of carboxylic acids is 1. The second-order valence-electron chi connectivity index (χ2n) is 3.57. The van der Waals surface area contributed by atoms with Gasteiger partial charge in [-0.1, -0.05) is 17.7 Å². The van der Waals surface area contributed by atoms with E-state index in [0.717, 1.165) is 5.75 Å². The number of carbonyl (C=O) groups is 1. The fourth-order valence-electron chi connectivity index (χ4n) is 1.07. The lowest BCUT2D eigenvalue weighted by atomic mass is 10.2. The Hall–Kier alpha value is -2.04. The predicted octanol–water partition coefficient (Wildman–Crippen LogP) is 1.42. The second kappa shape index (κ2) is 6.52. The predicted molar refractivity (Wildman–Crippen MR) is 65.4 cm³/mol. The fourth-order valence-corrected chi connectivity index (χ4v) is 1.07. The Morgan fingerprint density at radius 3 is 2.65 bits per heavy atom. The van der Waals surface area contributed by atoms with Crippen LogP contribution in [-0.4, -0.2) is 29.9 Å². The molecule has 0 aliphatic carbocycles. The third kappa shape index (κ3) is 5.01. The lowest BCUT2D eigenvalue weighted by Gasteiger charge is -2.06. The van der Waals surface area contributed by atoms with Crippen molar-refractivity contribution in [2.24, 2.45) is 5.10 Å². The average molecular weight is 236 g/mol. The summed E-state index contributed by atoms with van der Waals surface area (Å²) in [6.45, 7) is 4.32. The smallest absolute Gasteiger partial charge is 0.351 e. The van der Waals surface area contributed by atoms with Crippen molar-refractivity contribution in [2.75, 3.05) is 13.2 Å². The van der Waals surface area contributed by atoms with Crippen LogP contribution in [0.5, 0.6) is 5.75 Å². The molecular weight excluding hydrogens is 220 g/mol. The zero-order chi connectivity index (χ0) is 12.7. The molecule has 5 nitrogen and oxygen atoms in total. The van der Waals surface area contributed by atoms with Crippen molar-refractivity contribution in [2.45, 2.75) is 13.8 Å². The molecule has 0 bridgehead atoms. The average Bonchev–Trinajstić information content (AvgIpc) is 2.30. The number of nitrogens with zero attached hydrogens (tertiary/aromatic N) is 1. The zero-order valence-electron chi connectivity index (χ0n) is 9.93. The van der Waals surface area contributed by atoms with Gasteiger partial charge in [-0.15, -0.1) is 0 Å². The van der Waals surface area contributed by atoms with Crippen LogP contribution < -0.4 is 10.2 Å². The van der Waals surface area contributed by atoms with Crippen molar-refractivity contribution < 1.29 is 14.6 Å². The van der Waals surface area contributed by atoms with Crippen molar-refractivity contribution in [3.8, 4) is 5.75 Å². The van der Waals surface area contributed by atoms with Crippen LogP contribution in [0.3, 0.4) is 0 Å². The summed E-state index contributed by atoms with van der Waals surface area (Å²) in [4.78, 5) is 10.4. The number of nitrogens with one attached hydrogen (secondary N) is 1. The molecular formula is C12H16N2O3. The zero-order valence-corrected chi connectivity index (χ0v) is 9.93. The van der Waals surface area contributed by atoms with Gasteiger partial charge in [0.1, 0.15) is 18.1 Å². The van der Waals surface area contributed by atoms with Gasteiger partial charge in [0.05, 0.1) is 6.54 Å². The molecule has 0 amide bonds. The number of hydrogen-bond donors (Lipinski definition) is 2. The highest BCUT2D eigenvalue weighted by Gasteiger charge is 1.99. The molecule has 1 aromatic rings. The maximum Gasteiger partial charge on any atom is 0.351 e. The summed E-state index contributed by atoms with van der Waals surface area (Å²) in [6.07, 6.45) is 0. The highest BCUT2D eigenvalue weighted by molar-refractivity contribution is 6.34. The summed E-state index contributed by atoms with van der Waals surface area (Å²) < 4.78 is 5.42. The van der Waals surface area contributed by atoms with E-state index in [1.165, 1.54) is 12.5 Å². The molecule has 0 aliphatic rings. The molecule has 0 saturated heterocycles. The standard InChI is InChI=1S/C12H16N2O3/c1-9-3-5-11(6-4-9)17-8-7-13-14-10(2)12(15)16/h3-6,13H,7-8H2,1-2H3,(H,15,16). The van der Waals surface area contributed by atoms with Crippen LogP contribution in [0.1, 0.15) is 12.5 Å². The fraction of sp³-hybridized carbons (Fsp3) is 0.333. The van der Waals surface area contributed by atoms with Crippen molar-refractivity contribution in [3.63, 3.8) is 0 Å². The molecule has 0 atom stereocenters. The molecule has 17 heavy (non-hydrogen) atoms. The minimum absolute atomic E-state index is 0.0281. The Balaban J connectivity index is 2.23. The van der Waals surface area contributed by atoms with Crippen molar-refractivity contribution in [3.05, 3.63) is 29.8 Å². The van der Waals surface area contributed by atoms with E-state index in [1.54, 1.807) is 0 Å².